The van der Waals surface area contributed by atoms with Crippen molar-refractivity contribution in [3.8, 4) is 0 Å². The lowest BCUT2D eigenvalue weighted by Gasteiger charge is -2.08. The number of halogens is 2. The van der Waals surface area contributed by atoms with E-state index in [-0.39, 0.29) is 36.4 Å². The van der Waals surface area contributed by atoms with Crippen LogP contribution in [0, 0.1) is 6.92 Å². The summed E-state index contributed by atoms with van der Waals surface area (Å²) in [6, 6.07) is 5.74. The van der Waals surface area contributed by atoms with Crippen molar-refractivity contribution >= 4 is 57.5 Å². The predicted octanol–water partition coefficient (Wildman–Crippen LogP) is 3.80. The summed E-state index contributed by atoms with van der Waals surface area (Å²) in [6.07, 6.45) is 4.68. The summed E-state index contributed by atoms with van der Waals surface area (Å²) in [4.78, 5) is 15.9. The third kappa shape index (κ3) is 9.80. The maximum atomic E-state index is 11.9. The molecule has 130 valence electrons. The Morgan fingerprint density at radius 2 is 2.04 bits per heavy atom. The van der Waals surface area contributed by atoms with Gasteiger partial charge in [0.15, 0.2) is 5.96 Å². The average Bonchev–Trinajstić information content (AvgIpc) is 2.49. The molecule has 0 saturated heterocycles. The van der Waals surface area contributed by atoms with E-state index in [0.717, 1.165) is 28.7 Å². The predicted molar refractivity (Wildman–Crippen MR) is 112 cm³/mol. The first-order valence-corrected chi connectivity index (χ1v) is 8.42. The molecule has 0 aliphatic rings. The standard InChI is InChI=1S/C16H25BrN4O.HI/c1-3-4-5-6-9-19-16(18)20-11-15(22)21-14-10-13(17)8-7-12(14)2;/h7-8,10H,3-6,9,11H2,1-2H3,(H,21,22)(H3,18,19,20);1H. The van der Waals surface area contributed by atoms with Gasteiger partial charge in [-0.25, -0.2) is 4.99 Å². The third-order valence-electron chi connectivity index (χ3n) is 3.20. The normalized spacial score (nSPS) is 10.8. The van der Waals surface area contributed by atoms with Gasteiger partial charge < -0.3 is 16.4 Å². The van der Waals surface area contributed by atoms with Gasteiger partial charge in [-0.05, 0) is 31.0 Å². The van der Waals surface area contributed by atoms with E-state index in [0.29, 0.717) is 5.96 Å². The highest BCUT2D eigenvalue weighted by atomic mass is 127. The van der Waals surface area contributed by atoms with Crippen LogP contribution in [0.25, 0.3) is 0 Å². The van der Waals surface area contributed by atoms with Crippen LogP contribution in [0.5, 0.6) is 0 Å². The van der Waals surface area contributed by atoms with Crippen LogP contribution in [-0.2, 0) is 4.79 Å². The van der Waals surface area contributed by atoms with Crippen molar-refractivity contribution in [2.24, 2.45) is 10.7 Å². The molecule has 1 aromatic carbocycles. The van der Waals surface area contributed by atoms with Crippen molar-refractivity contribution in [3.05, 3.63) is 28.2 Å². The van der Waals surface area contributed by atoms with E-state index in [1.165, 1.54) is 19.3 Å². The van der Waals surface area contributed by atoms with Gasteiger partial charge in [0.05, 0.1) is 0 Å². The molecule has 0 unspecified atom stereocenters. The van der Waals surface area contributed by atoms with E-state index in [1.807, 2.05) is 25.1 Å². The Morgan fingerprint density at radius 3 is 2.74 bits per heavy atom. The molecule has 5 nitrogen and oxygen atoms in total. The number of hydrogen-bond donors (Lipinski definition) is 3. The van der Waals surface area contributed by atoms with Crippen LogP contribution in [-0.4, -0.2) is 25.0 Å². The van der Waals surface area contributed by atoms with Gasteiger partial charge in [0.25, 0.3) is 0 Å². The number of hydrogen-bond acceptors (Lipinski definition) is 2. The summed E-state index contributed by atoms with van der Waals surface area (Å²) in [5, 5.41) is 5.85. The van der Waals surface area contributed by atoms with E-state index in [2.05, 4.69) is 38.5 Å². The van der Waals surface area contributed by atoms with Crippen molar-refractivity contribution in [1.82, 2.24) is 5.32 Å². The zero-order chi connectivity index (χ0) is 16.4. The fourth-order valence-corrected chi connectivity index (χ4v) is 2.26. The molecule has 0 heterocycles. The number of amides is 1. The lowest BCUT2D eigenvalue weighted by atomic mass is 10.2. The van der Waals surface area contributed by atoms with Crippen LogP contribution in [0.4, 0.5) is 5.69 Å². The van der Waals surface area contributed by atoms with Crippen LogP contribution < -0.4 is 16.4 Å². The minimum atomic E-state index is -0.183. The van der Waals surface area contributed by atoms with Gasteiger partial charge in [-0.2, -0.15) is 0 Å². The molecule has 0 bridgehead atoms. The molecule has 0 atom stereocenters. The Kier molecular flexibility index (Phi) is 12.1. The number of aliphatic imine (C=N–C) groups is 1. The van der Waals surface area contributed by atoms with Gasteiger partial charge >= 0.3 is 0 Å². The largest absolute Gasteiger partial charge is 0.370 e. The number of nitrogens with two attached hydrogens (primary N) is 1. The Bertz CT molecular complexity index is 523. The molecule has 0 aromatic heterocycles. The molecule has 1 amide bonds. The first kappa shape index (κ1) is 22.2. The number of guanidine groups is 1. The number of aryl methyl sites for hydroxylation is 1. The number of carbonyl (C=O) groups is 1. The summed E-state index contributed by atoms with van der Waals surface area (Å²) in [5.41, 5.74) is 7.52. The number of carbonyl (C=O) groups excluding carboxylic acids is 1. The molecule has 4 N–H and O–H groups in total. The molecule has 0 aliphatic heterocycles. The third-order valence-corrected chi connectivity index (χ3v) is 3.70. The second kappa shape index (κ2) is 12.6. The van der Waals surface area contributed by atoms with Crippen molar-refractivity contribution < 1.29 is 4.79 Å². The highest BCUT2D eigenvalue weighted by molar-refractivity contribution is 14.0. The lowest BCUT2D eigenvalue weighted by Crippen LogP contribution is -2.33. The van der Waals surface area contributed by atoms with Crippen LogP contribution in [0.1, 0.15) is 38.2 Å². The fraction of sp³-hybridized carbons (Fsp3) is 0.500. The molecule has 0 aliphatic carbocycles. The summed E-state index contributed by atoms with van der Waals surface area (Å²) >= 11 is 3.39. The topological polar surface area (TPSA) is 79.5 Å². The smallest absolute Gasteiger partial charge is 0.246 e. The van der Waals surface area contributed by atoms with E-state index >= 15 is 0 Å². The molecular weight excluding hydrogens is 471 g/mol. The van der Waals surface area contributed by atoms with Gasteiger partial charge in [0.2, 0.25) is 5.91 Å². The van der Waals surface area contributed by atoms with Crippen LogP contribution >= 0.6 is 39.9 Å². The zero-order valence-electron chi connectivity index (χ0n) is 13.7. The first-order valence-electron chi connectivity index (χ1n) is 7.62. The summed E-state index contributed by atoms with van der Waals surface area (Å²) in [7, 11) is 0. The number of unbranched alkanes of at least 4 members (excludes halogenated alkanes) is 3. The van der Waals surface area contributed by atoms with Crippen molar-refractivity contribution in [1.29, 1.82) is 0 Å². The number of nitrogens with one attached hydrogen (secondary N) is 2. The van der Waals surface area contributed by atoms with Gasteiger partial charge in [-0.3, -0.25) is 4.79 Å². The van der Waals surface area contributed by atoms with Crippen LogP contribution in [0.3, 0.4) is 0 Å². The molecule has 0 radical (unpaired) electrons. The minimum absolute atomic E-state index is 0. The van der Waals surface area contributed by atoms with E-state index in [9.17, 15) is 4.79 Å². The number of nitrogens with zero attached hydrogens (tertiary/aromatic N) is 1. The van der Waals surface area contributed by atoms with Crippen molar-refractivity contribution in [2.75, 3.05) is 18.4 Å². The Labute approximate surface area is 164 Å². The van der Waals surface area contributed by atoms with Crippen molar-refractivity contribution in [2.45, 2.75) is 39.5 Å². The summed E-state index contributed by atoms with van der Waals surface area (Å²) < 4.78 is 0.921. The maximum absolute atomic E-state index is 11.9. The monoisotopic (exact) mass is 496 g/mol. The second-order valence-electron chi connectivity index (χ2n) is 5.20. The first-order chi connectivity index (χ1) is 10.5. The second-order valence-corrected chi connectivity index (χ2v) is 6.11. The fourth-order valence-electron chi connectivity index (χ4n) is 1.90. The SMILES string of the molecule is CCCCCCNC(N)=NCC(=O)Nc1cc(Br)ccc1C.I. The minimum Gasteiger partial charge on any atom is -0.370 e. The molecule has 0 fully saturated rings. The quantitative estimate of drug-likeness (QED) is 0.221. The van der Waals surface area contributed by atoms with Gasteiger partial charge in [-0.1, -0.05) is 48.2 Å². The van der Waals surface area contributed by atoms with Crippen LogP contribution in [0.15, 0.2) is 27.7 Å². The highest BCUT2D eigenvalue weighted by Gasteiger charge is 2.05. The molecule has 0 saturated carbocycles. The Morgan fingerprint density at radius 1 is 1.30 bits per heavy atom. The lowest BCUT2D eigenvalue weighted by molar-refractivity contribution is -0.114. The molecule has 0 spiro atoms. The van der Waals surface area contributed by atoms with E-state index in [1.54, 1.807) is 0 Å². The summed E-state index contributed by atoms with van der Waals surface area (Å²) in [6.45, 7) is 4.92. The molecule has 1 aromatic rings. The number of anilines is 1. The van der Waals surface area contributed by atoms with E-state index < -0.39 is 0 Å². The molecule has 1 rings (SSSR count). The Balaban J connectivity index is 0.00000484. The average molecular weight is 497 g/mol. The van der Waals surface area contributed by atoms with E-state index in [4.69, 9.17) is 5.73 Å². The van der Waals surface area contributed by atoms with Gasteiger partial charge in [-0.15, -0.1) is 24.0 Å². The van der Waals surface area contributed by atoms with Gasteiger partial charge in [0, 0.05) is 16.7 Å². The Hall–Kier alpha value is -0.830. The molecule has 23 heavy (non-hydrogen) atoms. The highest BCUT2D eigenvalue weighted by Crippen LogP contribution is 2.20. The van der Waals surface area contributed by atoms with Crippen LogP contribution in [0.2, 0.25) is 0 Å². The van der Waals surface area contributed by atoms with Gasteiger partial charge in [0.1, 0.15) is 6.54 Å². The summed E-state index contributed by atoms with van der Waals surface area (Å²) in [5.74, 6) is 0.134. The molecular formula is C16H26BrIN4O. The molecule has 7 heteroatoms. The van der Waals surface area contributed by atoms with Crippen molar-refractivity contribution in [3.63, 3.8) is 0 Å². The number of rotatable bonds is 8. The zero-order valence-corrected chi connectivity index (χ0v) is 17.6. The number of benzene rings is 1. The maximum Gasteiger partial charge on any atom is 0.246 e.